The zero-order valence-electron chi connectivity index (χ0n) is 10.6. The van der Waals surface area contributed by atoms with Gasteiger partial charge in [-0.15, -0.1) is 0 Å². The van der Waals surface area contributed by atoms with E-state index in [1.54, 1.807) is 0 Å². The van der Waals surface area contributed by atoms with Crippen molar-refractivity contribution in [1.82, 2.24) is 0 Å². The van der Waals surface area contributed by atoms with Gasteiger partial charge in [0.1, 0.15) is 0 Å². The van der Waals surface area contributed by atoms with Crippen LogP contribution < -0.4 is 0 Å². The molecule has 0 saturated carbocycles. The minimum Gasteiger partial charge on any atom is -0.197 e. The van der Waals surface area contributed by atoms with Crippen LogP contribution in [0.4, 0.5) is 26.3 Å². The molecular formula is C12H10F6N2. The minimum absolute atomic E-state index is 0.0546. The molecule has 2 nitrogen and oxygen atoms in total. The third-order valence-corrected chi connectivity index (χ3v) is 3.87. The Kier molecular flexibility index (Phi) is 3.60. The molecule has 2 atom stereocenters. The van der Waals surface area contributed by atoms with Gasteiger partial charge in [-0.25, -0.2) is 0 Å². The Morgan fingerprint density at radius 1 is 0.800 bits per heavy atom. The van der Waals surface area contributed by atoms with Gasteiger partial charge >= 0.3 is 12.4 Å². The smallest absolute Gasteiger partial charge is 0.197 e. The number of hydrogen-bond acceptors (Lipinski definition) is 2. The first-order valence-corrected chi connectivity index (χ1v) is 5.50. The fourth-order valence-corrected chi connectivity index (χ4v) is 2.48. The monoisotopic (exact) mass is 296 g/mol. The second-order valence-electron chi connectivity index (χ2n) is 4.94. The number of allylic oxidation sites excluding steroid dienone is 2. The first-order valence-electron chi connectivity index (χ1n) is 5.50. The Labute approximate surface area is 111 Å². The Balaban J connectivity index is 3.79. The van der Waals surface area contributed by atoms with Crippen molar-refractivity contribution in [3.05, 3.63) is 11.1 Å². The van der Waals surface area contributed by atoms with E-state index in [1.807, 2.05) is 0 Å². The lowest BCUT2D eigenvalue weighted by atomic mass is 9.55. The fourth-order valence-electron chi connectivity index (χ4n) is 2.48. The number of halogens is 6. The van der Waals surface area contributed by atoms with E-state index in [9.17, 15) is 26.3 Å². The van der Waals surface area contributed by atoms with E-state index in [0.29, 0.717) is 0 Å². The Bertz CT molecular complexity index is 482. The highest BCUT2D eigenvalue weighted by Gasteiger charge is 2.78. The van der Waals surface area contributed by atoms with Gasteiger partial charge in [-0.3, -0.25) is 0 Å². The molecule has 2 unspecified atom stereocenters. The SMILES string of the molecule is CC1=C(C)CC(C#N)(C(F)(F)F)C(C#N)(C(F)(F)F)C1. The molecule has 110 valence electrons. The van der Waals surface area contributed by atoms with Crippen LogP contribution in [-0.2, 0) is 0 Å². The van der Waals surface area contributed by atoms with Crippen molar-refractivity contribution in [2.45, 2.75) is 39.0 Å². The van der Waals surface area contributed by atoms with Gasteiger partial charge in [0.15, 0.2) is 10.8 Å². The molecule has 0 spiro atoms. The summed E-state index contributed by atoms with van der Waals surface area (Å²) in [5, 5.41) is 17.7. The highest BCUT2D eigenvalue weighted by Crippen LogP contribution is 2.65. The summed E-state index contributed by atoms with van der Waals surface area (Å²) in [5.74, 6) is 0. The normalized spacial score (nSPS) is 31.7. The first-order chi connectivity index (χ1) is 8.88. The molecule has 1 aliphatic rings. The third-order valence-electron chi connectivity index (χ3n) is 3.87. The lowest BCUT2D eigenvalue weighted by molar-refractivity contribution is -0.307. The average Bonchev–Trinajstić information content (AvgIpc) is 2.28. The van der Waals surface area contributed by atoms with E-state index >= 15 is 0 Å². The lowest BCUT2D eigenvalue weighted by Crippen LogP contribution is -2.59. The van der Waals surface area contributed by atoms with E-state index in [0.717, 1.165) is 12.1 Å². The maximum Gasteiger partial charge on any atom is 0.409 e. The van der Waals surface area contributed by atoms with Gasteiger partial charge in [-0.2, -0.15) is 36.9 Å². The molecule has 0 bridgehead atoms. The molecule has 0 radical (unpaired) electrons. The van der Waals surface area contributed by atoms with Gasteiger partial charge in [0.25, 0.3) is 0 Å². The molecule has 0 aliphatic heterocycles. The van der Waals surface area contributed by atoms with Crippen LogP contribution in [0.5, 0.6) is 0 Å². The summed E-state index contributed by atoms with van der Waals surface area (Å²) < 4.78 is 79.3. The summed E-state index contributed by atoms with van der Waals surface area (Å²) in [5.41, 5.74) is -7.45. The summed E-state index contributed by atoms with van der Waals surface area (Å²) >= 11 is 0. The number of nitriles is 2. The molecule has 20 heavy (non-hydrogen) atoms. The number of nitrogens with zero attached hydrogens (tertiary/aromatic N) is 2. The Hall–Kier alpha value is -1.70. The second-order valence-corrected chi connectivity index (χ2v) is 4.94. The summed E-state index contributed by atoms with van der Waals surface area (Å²) in [7, 11) is 0. The van der Waals surface area contributed by atoms with E-state index in [1.165, 1.54) is 13.8 Å². The predicted molar refractivity (Wildman–Crippen MR) is 55.8 cm³/mol. The standard InChI is InChI=1S/C12H10F6N2/c1-7-3-9(5-19,11(13,14)15)10(6-20,4-8(7)2)12(16,17)18/h3-4H2,1-2H3. The van der Waals surface area contributed by atoms with Crippen molar-refractivity contribution in [2.75, 3.05) is 0 Å². The van der Waals surface area contributed by atoms with E-state index in [4.69, 9.17) is 10.5 Å². The Morgan fingerprint density at radius 3 is 1.20 bits per heavy atom. The third kappa shape index (κ3) is 1.86. The van der Waals surface area contributed by atoms with E-state index < -0.39 is 36.0 Å². The molecule has 0 N–H and O–H groups in total. The van der Waals surface area contributed by atoms with Crippen LogP contribution in [0.25, 0.3) is 0 Å². The van der Waals surface area contributed by atoms with Gasteiger partial charge in [-0.1, -0.05) is 11.1 Å². The van der Waals surface area contributed by atoms with Crippen molar-refractivity contribution in [3.63, 3.8) is 0 Å². The van der Waals surface area contributed by atoms with Gasteiger partial charge in [0.05, 0.1) is 12.1 Å². The van der Waals surface area contributed by atoms with Crippen LogP contribution >= 0.6 is 0 Å². The van der Waals surface area contributed by atoms with Crippen molar-refractivity contribution >= 4 is 0 Å². The van der Waals surface area contributed by atoms with E-state index in [-0.39, 0.29) is 11.1 Å². The maximum absolute atomic E-state index is 13.2. The molecule has 1 rings (SSSR count). The van der Waals surface area contributed by atoms with Gasteiger partial charge in [0.2, 0.25) is 0 Å². The first kappa shape index (κ1) is 16.4. The molecule has 1 aliphatic carbocycles. The molecule has 0 aromatic carbocycles. The predicted octanol–water partition coefficient (Wildman–Crippen LogP) is 4.26. The zero-order valence-corrected chi connectivity index (χ0v) is 10.6. The van der Waals surface area contributed by atoms with Crippen molar-refractivity contribution in [1.29, 1.82) is 10.5 Å². The molecule has 8 heteroatoms. The number of rotatable bonds is 0. The Morgan fingerprint density at radius 2 is 1.05 bits per heavy atom. The van der Waals surface area contributed by atoms with Gasteiger partial charge in [-0.05, 0) is 26.7 Å². The fraction of sp³-hybridized carbons (Fsp3) is 0.667. The highest BCUT2D eigenvalue weighted by atomic mass is 19.4. The number of hydrogen-bond donors (Lipinski definition) is 0. The van der Waals surface area contributed by atoms with Crippen LogP contribution in [0, 0.1) is 33.5 Å². The number of alkyl halides is 6. The molecule has 0 heterocycles. The van der Waals surface area contributed by atoms with Crippen molar-refractivity contribution in [3.8, 4) is 12.1 Å². The van der Waals surface area contributed by atoms with Crippen molar-refractivity contribution < 1.29 is 26.3 Å². The zero-order chi connectivity index (χ0) is 16.0. The summed E-state index contributed by atoms with van der Waals surface area (Å²) in [6.07, 6.45) is -13.2. The molecule has 0 fully saturated rings. The van der Waals surface area contributed by atoms with Crippen molar-refractivity contribution in [2.24, 2.45) is 10.8 Å². The molecule has 0 aromatic heterocycles. The molecule has 0 aromatic rings. The van der Waals surface area contributed by atoms with E-state index in [2.05, 4.69) is 0 Å². The van der Waals surface area contributed by atoms with Gasteiger partial charge < -0.3 is 0 Å². The quantitative estimate of drug-likeness (QED) is 0.495. The lowest BCUT2D eigenvalue weighted by Gasteiger charge is -2.46. The van der Waals surface area contributed by atoms with Crippen LogP contribution in [0.3, 0.4) is 0 Å². The van der Waals surface area contributed by atoms with Gasteiger partial charge in [0, 0.05) is 0 Å². The second kappa shape index (κ2) is 4.41. The summed E-state index contributed by atoms with van der Waals surface area (Å²) in [6, 6.07) is 1.51. The minimum atomic E-state index is -5.46. The average molecular weight is 296 g/mol. The van der Waals surface area contributed by atoms with Crippen LogP contribution in [-0.4, -0.2) is 12.4 Å². The summed E-state index contributed by atoms with van der Waals surface area (Å²) in [4.78, 5) is 0. The van der Waals surface area contributed by atoms with Crippen LogP contribution in [0.2, 0.25) is 0 Å². The molecular weight excluding hydrogens is 286 g/mol. The van der Waals surface area contributed by atoms with Crippen LogP contribution in [0.1, 0.15) is 26.7 Å². The summed E-state index contributed by atoms with van der Waals surface area (Å²) in [6.45, 7) is 2.48. The highest BCUT2D eigenvalue weighted by molar-refractivity contribution is 5.35. The largest absolute Gasteiger partial charge is 0.409 e. The maximum atomic E-state index is 13.2. The topological polar surface area (TPSA) is 47.6 Å². The molecule has 0 amide bonds. The molecule has 0 saturated heterocycles. The van der Waals surface area contributed by atoms with Crippen LogP contribution in [0.15, 0.2) is 11.1 Å².